The molecule has 0 atom stereocenters. The van der Waals surface area contributed by atoms with Gasteiger partial charge in [0.25, 0.3) is 0 Å². The van der Waals surface area contributed by atoms with Crippen molar-refractivity contribution in [3.63, 3.8) is 0 Å². The van der Waals surface area contributed by atoms with Crippen LogP contribution < -0.4 is 0 Å². The lowest BCUT2D eigenvalue weighted by molar-refractivity contribution is -0.141. The van der Waals surface area contributed by atoms with Gasteiger partial charge in [0.1, 0.15) is 0 Å². The molecule has 4 fully saturated rings. The van der Waals surface area contributed by atoms with Gasteiger partial charge in [0, 0.05) is 12.2 Å². The second-order valence-electron chi connectivity index (χ2n) is 8.78. The lowest BCUT2D eigenvalue weighted by Gasteiger charge is -2.71. The van der Waals surface area contributed by atoms with Crippen LogP contribution in [0.25, 0.3) is 0 Å². The molecular weight excluding hydrogens is 279 g/mol. The summed E-state index contributed by atoms with van der Waals surface area (Å²) in [6.45, 7) is 10.5. The third-order valence-electron chi connectivity index (χ3n) is 6.34. The molecule has 4 aliphatic rings. The van der Waals surface area contributed by atoms with Crippen LogP contribution in [0.15, 0.2) is 0 Å². The molecule has 1 heterocycles. The van der Waals surface area contributed by atoms with Crippen LogP contribution in [0, 0.1) is 5.41 Å². The summed E-state index contributed by atoms with van der Waals surface area (Å²) in [7, 11) is -0.0274. The molecule has 4 rings (SSSR count). The van der Waals surface area contributed by atoms with E-state index in [-0.39, 0.29) is 29.6 Å². The van der Waals surface area contributed by atoms with E-state index in [9.17, 15) is 4.79 Å². The van der Waals surface area contributed by atoms with E-state index in [0.717, 1.165) is 12.8 Å². The molecule has 2 bridgehead atoms. The fourth-order valence-electron chi connectivity index (χ4n) is 4.51. The number of hydrogen-bond donors (Lipinski definition) is 0. The van der Waals surface area contributed by atoms with E-state index < -0.39 is 0 Å². The molecular formula is C17H29BO4. The zero-order valence-electron chi connectivity index (χ0n) is 14.7. The van der Waals surface area contributed by atoms with Gasteiger partial charge in [0.05, 0.1) is 17.8 Å². The zero-order valence-corrected chi connectivity index (χ0v) is 14.7. The van der Waals surface area contributed by atoms with Gasteiger partial charge in [0.2, 0.25) is 0 Å². The second kappa shape index (κ2) is 4.97. The van der Waals surface area contributed by atoms with Crippen molar-refractivity contribution in [3.05, 3.63) is 0 Å². The molecule has 1 saturated heterocycles. The van der Waals surface area contributed by atoms with Crippen molar-refractivity contribution >= 4 is 13.1 Å². The van der Waals surface area contributed by atoms with Crippen molar-refractivity contribution in [3.8, 4) is 0 Å². The van der Waals surface area contributed by atoms with E-state index in [1.165, 1.54) is 32.6 Å². The first-order valence-electron chi connectivity index (χ1n) is 8.59. The van der Waals surface area contributed by atoms with E-state index in [4.69, 9.17) is 14.0 Å². The highest BCUT2D eigenvalue weighted by Crippen LogP contribution is 2.82. The van der Waals surface area contributed by atoms with Gasteiger partial charge in [-0.25, -0.2) is 0 Å². The van der Waals surface area contributed by atoms with E-state index in [1.807, 2.05) is 0 Å². The number of unbranched alkanes of at least 4 members (excludes halogenated alkanes) is 1. The van der Waals surface area contributed by atoms with E-state index in [1.54, 1.807) is 0 Å². The van der Waals surface area contributed by atoms with Gasteiger partial charge >= 0.3 is 13.1 Å². The quantitative estimate of drug-likeness (QED) is 0.426. The Hall–Kier alpha value is -0.545. The van der Waals surface area contributed by atoms with Gasteiger partial charge in [0.15, 0.2) is 0 Å². The summed E-state index contributed by atoms with van der Waals surface area (Å²) in [6.07, 6.45) is 7.09. The van der Waals surface area contributed by atoms with Crippen LogP contribution in [0.3, 0.4) is 0 Å². The predicted molar refractivity (Wildman–Crippen MR) is 85.5 cm³/mol. The normalized spacial score (nSPS) is 37.4. The largest absolute Gasteiger partial charge is 0.466 e. The molecule has 1 aliphatic heterocycles. The van der Waals surface area contributed by atoms with Gasteiger partial charge in [-0.3, -0.25) is 4.79 Å². The Morgan fingerprint density at radius 3 is 2.09 bits per heavy atom. The Morgan fingerprint density at radius 1 is 1.05 bits per heavy atom. The van der Waals surface area contributed by atoms with Gasteiger partial charge in [-0.15, -0.1) is 0 Å². The van der Waals surface area contributed by atoms with Crippen molar-refractivity contribution < 1.29 is 18.8 Å². The summed E-state index contributed by atoms with van der Waals surface area (Å²) in [6, 6.07) is 0. The average molecular weight is 308 g/mol. The number of esters is 1. The molecule has 0 aromatic heterocycles. The number of ether oxygens (including phenoxy) is 1. The van der Waals surface area contributed by atoms with Crippen molar-refractivity contribution in [1.82, 2.24) is 0 Å². The highest BCUT2D eigenvalue weighted by molar-refractivity contribution is 6.51. The van der Waals surface area contributed by atoms with Crippen LogP contribution in [0.5, 0.6) is 0 Å². The number of carbonyl (C=O) groups excluding carboxylic acids is 1. The first kappa shape index (κ1) is 16.3. The minimum atomic E-state index is -0.218. The second-order valence-corrected chi connectivity index (χ2v) is 8.78. The Labute approximate surface area is 134 Å². The lowest BCUT2D eigenvalue weighted by Crippen LogP contribution is -2.63. The SMILES string of the molecule is CC(=O)OCCCCC12CC(B3OC(C)(C)C(C)(C)O3)(C1)C2. The third-order valence-corrected chi connectivity index (χ3v) is 6.34. The first-order valence-corrected chi connectivity index (χ1v) is 8.59. The fourth-order valence-corrected chi connectivity index (χ4v) is 4.51. The summed E-state index contributed by atoms with van der Waals surface area (Å²) in [5.74, 6) is -0.176. The molecule has 124 valence electrons. The first-order chi connectivity index (χ1) is 10.1. The van der Waals surface area contributed by atoms with Crippen LogP contribution in [-0.4, -0.2) is 30.9 Å². The van der Waals surface area contributed by atoms with E-state index in [2.05, 4.69) is 27.7 Å². The molecule has 0 spiro atoms. The van der Waals surface area contributed by atoms with Gasteiger partial charge in [-0.1, -0.05) is 0 Å². The predicted octanol–water partition coefficient (Wildman–Crippen LogP) is 3.74. The Bertz CT molecular complexity index is 436. The minimum Gasteiger partial charge on any atom is -0.466 e. The maximum absolute atomic E-state index is 10.7. The molecule has 4 nitrogen and oxygen atoms in total. The van der Waals surface area contributed by atoms with Crippen LogP contribution >= 0.6 is 0 Å². The Morgan fingerprint density at radius 2 is 1.59 bits per heavy atom. The molecule has 3 saturated carbocycles. The molecule has 0 N–H and O–H groups in total. The van der Waals surface area contributed by atoms with Crippen molar-refractivity contribution in [2.45, 2.75) is 89.7 Å². The molecule has 0 radical (unpaired) electrons. The third kappa shape index (κ3) is 2.50. The molecule has 0 unspecified atom stereocenters. The van der Waals surface area contributed by atoms with E-state index >= 15 is 0 Å². The lowest BCUT2D eigenvalue weighted by atomic mass is 9.23. The molecule has 0 amide bonds. The van der Waals surface area contributed by atoms with Gasteiger partial charge in [-0.2, -0.15) is 0 Å². The summed E-state index contributed by atoms with van der Waals surface area (Å²) in [4.78, 5) is 10.7. The Kier molecular flexibility index (Phi) is 3.69. The summed E-state index contributed by atoms with van der Waals surface area (Å²) in [5.41, 5.74) is 0.0917. The van der Waals surface area contributed by atoms with Gasteiger partial charge < -0.3 is 14.0 Å². The highest BCUT2D eigenvalue weighted by atomic mass is 16.7. The highest BCUT2D eigenvalue weighted by Gasteiger charge is 2.75. The molecule has 5 heteroatoms. The number of hydrogen-bond acceptors (Lipinski definition) is 4. The summed E-state index contributed by atoms with van der Waals surface area (Å²) >= 11 is 0. The molecule has 0 aromatic carbocycles. The van der Waals surface area contributed by atoms with Crippen molar-refractivity contribution in [2.24, 2.45) is 5.41 Å². The number of carbonyl (C=O) groups is 1. The van der Waals surface area contributed by atoms with Crippen LogP contribution in [-0.2, 0) is 18.8 Å². The Balaban J connectivity index is 1.42. The van der Waals surface area contributed by atoms with Crippen LogP contribution in [0.4, 0.5) is 0 Å². The van der Waals surface area contributed by atoms with Crippen molar-refractivity contribution in [1.29, 1.82) is 0 Å². The van der Waals surface area contributed by atoms with Crippen LogP contribution in [0.2, 0.25) is 5.31 Å². The monoisotopic (exact) mass is 308 g/mol. The summed E-state index contributed by atoms with van der Waals surface area (Å²) < 4.78 is 17.5. The van der Waals surface area contributed by atoms with Crippen LogP contribution in [0.1, 0.15) is 73.1 Å². The average Bonchev–Trinajstić information content (AvgIpc) is 2.48. The maximum atomic E-state index is 10.7. The standard InChI is InChI=1S/C17H29BO4/c1-13(19)20-9-7-6-8-16-10-17(11-16,12-16)18-21-14(2,3)15(4,5)22-18/h6-12H2,1-5H3. The molecule has 3 aliphatic carbocycles. The molecule has 22 heavy (non-hydrogen) atoms. The topological polar surface area (TPSA) is 44.8 Å². The maximum Gasteiger partial charge on any atom is 0.464 e. The minimum absolute atomic E-state index is 0.0274. The molecule has 0 aromatic rings. The van der Waals surface area contributed by atoms with E-state index in [0.29, 0.717) is 12.0 Å². The fraction of sp³-hybridized carbons (Fsp3) is 0.941. The number of rotatable bonds is 6. The summed E-state index contributed by atoms with van der Waals surface area (Å²) in [5, 5.41) is 0.279. The smallest absolute Gasteiger partial charge is 0.464 e. The van der Waals surface area contributed by atoms with Crippen molar-refractivity contribution in [2.75, 3.05) is 6.61 Å². The van der Waals surface area contributed by atoms with Gasteiger partial charge in [-0.05, 0) is 71.6 Å². The zero-order chi connectivity index (χ0) is 16.2.